The van der Waals surface area contributed by atoms with Gasteiger partial charge in [0.25, 0.3) is 0 Å². The molecule has 18 heavy (non-hydrogen) atoms. The van der Waals surface area contributed by atoms with E-state index in [1.807, 2.05) is 18.2 Å². The second kappa shape index (κ2) is 8.40. The second-order valence-electron chi connectivity index (χ2n) is 3.63. The molecule has 1 N–H and O–H groups in total. The molecule has 1 rings (SSSR count). The third kappa shape index (κ3) is 5.29. The zero-order valence-electron chi connectivity index (χ0n) is 10.7. The van der Waals surface area contributed by atoms with E-state index in [1.165, 1.54) is 11.8 Å². The zero-order valence-corrected chi connectivity index (χ0v) is 12.2. The van der Waals surface area contributed by atoms with E-state index in [0.29, 0.717) is 17.4 Å². The van der Waals surface area contributed by atoms with Gasteiger partial charge in [0.1, 0.15) is 0 Å². The molecule has 0 saturated heterocycles. The fraction of sp³-hybridized carbons (Fsp3) is 0.462. The number of benzene rings is 1. The Morgan fingerprint density at radius 1 is 1.44 bits per heavy atom. The highest BCUT2D eigenvalue weighted by Crippen LogP contribution is 2.26. The maximum Gasteiger partial charge on any atom is 0.316 e. The smallest absolute Gasteiger partial charge is 0.316 e. The van der Waals surface area contributed by atoms with E-state index in [4.69, 9.17) is 16.3 Å². The van der Waals surface area contributed by atoms with Crippen molar-refractivity contribution < 1.29 is 9.53 Å². The molecule has 0 aliphatic rings. The summed E-state index contributed by atoms with van der Waals surface area (Å²) in [7, 11) is 0. The third-order valence-corrected chi connectivity index (χ3v) is 3.55. The number of thioether (sulfide) groups is 1. The Bertz CT molecular complexity index is 399. The highest BCUT2D eigenvalue weighted by Gasteiger charge is 2.08. The van der Waals surface area contributed by atoms with Gasteiger partial charge in [0.05, 0.1) is 12.4 Å². The quantitative estimate of drug-likeness (QED) is 0.618. The van der Waals surface area contributed by atoms with Crippen LogP contribution < -0.4 is 5.32 Å². The predicted octanol–water partition coefficient (Wildman–Crippen LogP) is 3.10. The van der Waals surface area contributed by atoms with Crippen molar-refractivity contribution in [1.29, 1.82) is 0 Å². The summed E-state index contributed by atoms with van der Waals surface area (Å²) in [6.45, 7) is 5.96. The van der Waals surface area contributed by atoms with E-state index < -0.39 is 0 Å². The maximum atomic E-state index is 11.3. The van der Waals surface area contributed by atoms with Crippen molar-refractivity contribution >= 4 is 29.3 Å². The summed E-state index contributed by atoms with van der Waals surface area (Å²) in [6.07, 6.45) is 0. The molecule has 0 aliphatic carbocycles. The first-order chi connectivity index (χ1) is 8.67. The molecule has 0 unspecified atom stereocenters. The minimum atomic E-state index is -0.197. The fourth-order valence-electron chi connectivity index (χ4n) is 1.41. The largest absolute Gasteiger partial charge is 0.465 e. The number of halogens is 1. The Morgan fingerprint density at radius 2 is 2.22 bits per heavy atom. The van der Waals surface area contributed by atoms with Gasteiger partial charge in [-0.25, -0.2) is 0 Å². The molecule has 1 aromatic rings. The van der Waals surface area contributed by atoms with Gasteiger partial charge in [-0.1, -0.05) is 24.6 Å². The van der Waals surface area contributed by atoms with E-state index in [-0.39, 0.29) is 5.97 Å². The van der Waals surface area contributed by atoms with Gasteiger partial charge in [0.2, 0.25) is 0 Å². The van der Waals surface area contributed by atoms with Gasteiger partial charge >= 0.3 is 5.97 Å². The van der Waals surface area contributed by atoms with Crippen molar-refractivity contribution in [2.75, 3.05) is 18.9 Å². The van der Waals surface area contributed by atoms with Crippen LogP contribution >= 0.6 is 23.4 Å². The molecular formula is C13H18ClNO2S. The van der Waals surface area contributed by atoms with Gasteiger partial charge in [-0.15, -0.1) is 11.8 Å². The molecule has 0 aromatic heterocycles. The monoisotopic (exact) mass is 287 g/mol. The van der Waals surface area contributed by atoms with Crippen LogP contribution in [-0.4, -0.2) is 24.9 Å². The van der Waals surface area contributed by atoms with E-state index in [9.17, 15) is 4.79 Å². The molecule has 0 radical (unpaired) electrons. The molecule has 3 nitrogen and oxygen atoms in total. The first kappa shape index (κ1) is 15.3. The van der Waals surface area contributed by atoms with Crippen LogP contribution in [0.1, 0.15) is 19.4 Å². The Kier molecular flexibility index (Phi) is 7.16. The first-order valence-corrected chi connectivity index (χ1v) is 7.31. The molecule has 0 fully saturated rings. The van der Waals surface area contributed by atoms with E-state index in [2.05, 4.69) is 12.2 Å². The second-order valence-corrected chi connectivity index (χ2v) is 5.08. The van der Waals surface area contributed by atoms with Gasteiger partial charge in [0.15, 0.2) is 0 Å². The fourth-order valence-corrected chi connectivity index (χ4v) is 2.54. The van der Waals surface area contributed by atoms with E-state index in [0.717, 1.165) is 23.5 Å². The average Bonchev–Trinajstić information content (AvgIpc) is 2.35. The van der Waals surface area contributed by atoms with Crippen molar-refractivity contribution in [2.24, 2.45) is 0 Å². The van der Waals surface area contributed by atoms with Gasteiger partial charge in [0, 0.05) is 16.5 Å². The van der Waals surface area contributed by atoms with E-state index >= 15 is 0 Å². The molecule has 0 bridgehead atoms. The minimum absolute atomic E-state index is 0.197. The van der Waals surface area contributed by atoms with Gasteiger partial charge < -0.3 is 10.1 Å². The molecule has 0 amide bonds. The van der Waals surface area contributed by atoms with Crippen molar-refractivity contribution in [3.63, 3.8) is 0 Å². The number of hydrogen-bond donors (Lipinski definition) is 1. The van der Waals surface area contributed by atoms with Gasteiger partial charge in [-0.2, -0.15) is 0 Å². The molecular weight excluding hydrogens is 270 g/mol. The highest BCUT2D eigenvalue weighted by atomic mass is 35.5. The maximum absolute atomic E-state index is 11.3. The van der Waals surface area contributed by atoms with Crippen LogP contribution in [0, 0.1) is 0 Å². The summed E-state index contributed by atoms with van der Waals surface area (Å²) in [6, 6.07) is 5.74. The lowest BCUT2D eigenvalue weighted by Crippen LogP contribution is -2.13. The number of carbonyl (C=O) groups is 1. The number of rotatable bonds is 7. The molecule has 5 heteroatoms. The van der Waals surface area contributed by atoms with Crippen LogP contribution in [-0.2, 0) is 16.1 Å². The number of esters is 1. The zero-order chi connectivity index (χ0) is 13.4. The molecule has 0 spiro atoms. The first-order valence-electron chi connectivity index (χ1n) is 5.95. The lowest BCUT2D eigenvalue weighted by molar-refractivity contribution is -0.139. The SMILES string of the molecule is CCNCc1ccc(Cl)cc1SCC(=O)OCC. The summed E-state index contributed by atoms with van der Waals surface area (Å²) < 4.78 is 4.91. The predicted molar refractivity (Wildman–Crippen MR) is 76.2 cm³/mol. The van der Waals surface area contributed by atoms with Crippen molar-refractivity contribution in [1.82, 2.24) is 5.32 Å². The molecule has 0 atom stereocenters. The summed E-state index contributed by atoms with van der Waals surface area (Å²) in [5.74, 6) is 0.115. The van der Waals surface area contributed by atoms with Crippen molar-refractivity contribution in [3.05, 3.63) is 28.8 Å². The molecule has 100 valence electrons. The van der Waals surface area contributed by atoms with Crippen molar-refractivity contribution in [3.8, 4) is 0 Å². The topological polar surface area (TPSA) is 38.3 Å². The van der Waals surface area contributed by atoms with Crippen LogP contribution in [0.4, 0.5) is 0 Å². The number of carbonyl (C=O) groups excluding carboxylic acids is 1. The normalized spacial score (nSPS) is 10.4. The average molecular weight is 288 g/mol. The lowest BCUT2D eigenvalue weighted by Gasteiger charge is -2.10. The lowest BCUT2D eigenvalue weighted by atomic mass is 10.2. The summed E-state index contributed by atoms with van der Waals surface area (Å²) in [5.41, 5.74) is 1.15. The number of ether oxygens (including phenoxy) is 1. The summed E-state index contributed by atoms with van der Waals surface area (Å²) in [4.78, 5) is 12.4. The summed E-state index contributed by atoms with van der Waals surface area (Å²) >= 11 is 7.44. The summed E-state index contributed by atoms with van der Waals surface area (Å²) in [5, 5.41) is 3.95. The number of hydrogen-bond acceptors (Lipinski definition) is 4. The van der Waals surface area contributed by atoms with Gasteiger partial charge in [-0.3, -0.25) is 4.79 Å². The van der Waals surface area contributed by atoms with Crippen LogP contribution in [0.5, 0.6) is 0 Å². The van der Waals surface area contributed by atoms with Crippen LogP contribution in [0.25, 0.3) is 0 Å². The van der Waals surface area contributed by atoms with Crippen LogP contribution in [0.3, 0.4) is 0 Å². The third-order valence-electron chi connectivity index (χ3n) is 2.25. The molecule has 1 aromatic carbocycles. The Morgan fingerprint density at radius 3 is 2.89 bits per heavy atom. The Balaban J connectivity index is 2.66. The van der Waals surface area contributed by atoms with Gasteiger partial charge in [-0.05, 0) is 31.2 Å². The van der Waals surface area contributed by atoms with Crippen LogP contribution in [0.15, 0.2) is 23.1 Å². The van der Waals surface area contributed by atoms with Crippen molar-refractivity contribution in [2.45, 2.75) is 25.3 Å². The number of nitrogens with one attached hydrogen (secondary N) is 1. The highest BCUT2D eigenvalue weighted by molar-refractivity contribution is 8.00. The van der Waals surface area contributed by atoms with Crippen LogP contribution in [0.2, 0.25) is 5.02 Å². The Labute approximate surface area is 117 Å². The molecule has 0 saturated carbocycles. The molecule has 0 aliphatic heterocycles. The standard InChI is InChI=1S/C13H18ClNO2S/c1-3-15-8-10-5-6-11(14)7-12(10)18-9-13(16)17-4-2/h5-7,15H,3-4,8-9H2,1-2H3. The Hall–Kier alpha value is -0.710. The molecule has 0 heterocycles. The van der Waals surface area contributed by atoms with E-state index in [1.54, 1.807) is 6.92 Å². The minimum Gasteiger partial charge on any atom is -0.465 e.